The van der Waals surface area contributed by atoms with Gasteiger partial charge < -0.3 is 0 Å². The molecule has 5 aromatic rings. The molecule has 0 heteroatoms. The van der Waals surface area contributed by atoms with E-state index in [1.165, 1.54) is 55.6 Å². The summed E-state index contributed by atoms with van der Waals surface area (Å²) in [5.74, 6) is 0. The lowest BCUT2D eigenvalue weighted by molar-refractivity contribution is 0.519. The summed E-state index contributed by atoms with van der Waals surface area (Å²) in [7, 11) is 0. The Balaban J connectivity index is 1.52. The molecule has 1 aliphatic carbocycles. The maximum Gasteiger partial charge on any atom is 0.0295 e. The molecule has 0 bridgehead atoms. The van der Waals surface area contributed by atoms with E-state index in [4.69, 9.17) is 0 Å². The van der Waals surface area contributed by atoms with Crippen LogP contribution in [-0.2, 0) is 24.7 Å². The molecule has 0 nitrogen and oxygen atoms in total. The first-order chi connectivity index (χ1) is 19.5. The van der Waals surface area contributed by atoms with Gasteiger partial charge in [-0.1, -0.05) is 140 Å². The van der Waals surface area contributed by atoms with Crippen LogP contribution in [-0.4, -0.2) is 0 Å². The van der Waals surface area contributed by atoms with E-state index in [-0.39, 0.29) is 5.41 Å². The molecule has 0 spiro atoms. The Labute approximate surface area is 239 Å². The van der Waals surface area contributed by atoms with Crippen molar-refractivity contribution in [1.29, 1.82) is 0 Å². The molecule has 196 valence electrons. The average Bonchev–Trinajstić information content (AvgIpc) is 3.24. The smallest absolute Gasteiger partial charge is 0.0295 e. The molecule has 1 aliphatic rings. The van der Waals surface area contributed by atoms with Crippen LogP contribution in [0.3, 0.4) is 0 Å². The van der Waals surface area contributed by atoms with Gasteiger partial charge in [0.1, 0.15) is 0 Å². The van der Waals surface area contributed by atoms with Crippen molar-refractivity contribution in [3.63, 3.8) is 0 Å². The standard InChI is InChI=1S/C40H36/c1-5-30-13-17-32(18-14-30)26-40(27-33-19-15-31(6-2)16-20-33)38-10-8-7-9-36(38)37-22-21-34(25-39(37)40)24-35-23-28(3)11-12-29(35)4/h5-23,25H,1-2,24,26-27H2,3-4H3. The van der Waals surface area contributed by atoms with Gasteiger partial charge in [-0.3, -0.25) is 0 Å². The molecule has 0 atom stereocenters. The van der Waals surface area contributed by atoms with E-state index in [1.54, 1.807) is 0 Å². The van der Waals surface area contributed by atoms with Crippen LogP contribution in [0, 0.1) is 13.8 Å². The molecule has 0 amide bonds. The highest BCUT2D eigenvalue weighted by molar-refractivity contribution is 5.82. The van der Waals surface area contributed by atoms with Gasteiger partial charge in [0.05, 0.1) is 0 Å². The fraction of sp³-hybridized carbons (Fsp3) is 0.150. The van der Waals surface area contributed by atoms with E-state index in [9.17, 15) is 0 Å². The number of benzene rings is 5. The van der Waals surface area contributed by atoms with Gasteiger partial charge in [-0.2, -0.15) is 0 Å². The van der Waals surface area contributed by atoms with Gasteiger partial charge in [0.25, 0.3) is 0 Å². The van der Waals surface area contributed by atoms with Crippen molar-refractivity contribution in [2.24, 2.45) is 0 Å². The van der Waals surface area contributed by atoms with Crippen molar-refractivity contribution >= 4 is 12.2 Å². The first kappa shape index (κ1) is 25.8. The molecule has 0 saturated heterocycles. The maximum atomic E-state index is 3.96. The molecule has 5 aromatic carbocycles. The number of aryl methyl sites for hydroxylation is 2. The van der Waals surface area contributed by atoms with E-state index in [0.29, 0.717) is 0 Å². The maximum absolute atomic E-state index is 3.96. The van der Waals surface area contributed by atoms with Gasteiger partial charge in [0.2, 0.25) is 0 Å². The highest BCUT2D eigenvalue weighted by Gasteiger charge is 2.43. The number of hydrogen-bond acceptors (Lipinski definition) is 0. The Hall–Kier alpha value is -4.42. The average molecular weight is 517 g/mol. The SMILES string of the molecule is C=Cc1ccc(CC2(Cc3ccc(C=C)cc3)c3ccccc3-c3ccc(Cc4cc(C)ccc4C)cc32)cc1. The topological polar surface area (TPSA) is 0 Å². The Bertz CT molecular complexity index is 1640. The minimum atomic E-state index is -0.172. The lowest BCUT2D eigenvalue weighted by Crippen LogP contribution is -2.31. The summed E-state index contributed by atoms with van der Waals surface area (Å²) in [4.78, 5) is 0. The quantitative estimate of drug-likeness (QED) is 0.192. The predicted molar refractivity (Wildman–Crippen MR) is 172 cm³/mol. The molecule has 0 aromatic heterocycles. The first-order valence-electron chi connectivity index (χ1n) is 14.2. The highest BCUT2D eigenvalue weighted by atomic mass is 14.5. The molecule has 0 heterocycles. The lowest BCUT2D eigenvalue weighted by atomic mass is 9.69. The molecule has 0 N–H and O–H groups in total. The van der Waals surface area contributed by atoms with E-state index in [2.05, 4.69) is 136 Å². The minimum absolute atomic E-state index is 0.172. The van der Waals surface area contributed by atoms with Gasteiger partial charge in [-0.25, -0.2) is 0 Å². The highest BCUT2D eigenvalue weighted by Crippen LogP contribution is 2.52. The van der Waals surface area contributed by atoms with Crippen molar-refractivity contribution in [3.05, 3.63) is 178 Å². The third kappa shape index (κ3) is 4.75. The molecule has 6 rings (SSSR count). The molecule has 0 unspecified atom stereocenters. The number of rotatable bonds is 8. The van der Waals surface area contributed by atoms with Gasteiger partial charge in [-0.05, 0) is 94.3 Å². The normalized spacial score (nSPS) is 12.9. The van der Waals surface area contributed by atoms with Gasteiger partial charge in [-0.15, -0.1) is 0 Å². The van der Waals surface area contributed by atoms with Crippen molar-refractivity contribution < 1.29 is 0 Å². The van der Waals surface area contributed by atoms with Gasteiger partial charge in [0.15, 0.2) is 0 Å². The summed E-state index contributed by atoms with van der Waals surface area (Å²) >= 11 is 0. The third-order valence-electron chi connectivity index (χ3n) is 8.67. The molecule has 0 radical (unpaired) electrons. The van der Waals surface area contributed by atoms with Crippen LogP contribution in [0.2, 0.25) is 0 Å². The van der Waals surface area contributed by atoms with Crippen molar-refractivity contribution in [1.82, 2.24) is 0 Å². The van der Waals surface area contributed by atoms with Crippen molar-refractivity contribution in [2.45, 2.75) is 38.5 Å². The molecular formula is C40H36. The minimum Gasteiger partial charge on any atom is -0.0985 e. The lowest BCUT2D eigenvalue weighted by Gasteiger charge is -2.33. The van der Waals surface area contributed by atoms with Crippen LogP contribution in [0.15, 0.2) is 122 Å². The largest absolute Gasteiger partial charge is 0.0985 e. The zero-order valence-corrected chi connectivity index (χ0v) is 23.6. The molecule has 0 saturated carbocycles. The summed E-state index contributed by atoms with van der Waals surface area (Å²) in [5, 5.41) is 0. The van der Waals surface area contributed by atoms with Gasteiger partial charge >= 0.3 is 0 Å². The molecule has 0 fully saturated rings. The van der Waals surface area contributed by atoms with E-state index in [0.717, 1.165) is 30.4 Å². The second kappa shape index (κ2) is 10.6. The second-order valence-electron chi connectivity index (χ2n) is 11.4. The summed E-state index contributed by atoms with van der Waals surface area (Å²) < 4.78 is 0. The molecular weight excluding hydrogens is 480 g/mol. The van der Waals surface area contributed by atoms with Crippen LogP contribution in [0.4, 0.5) is 0 Å². The Kier molecular flexibility index (Phi) is 6.86. The summed E-state index contributed by atoms with van der Waals surface area (Å²) in [5.41, 5.74) is 15.9. The van der Waals surface area contributed by atoms with Crippen LogP contribution in [0.5, 0.6) is 0 Å². The fourth-order valence-electron chi connectivity index (χ4n) is 6.51. The Morgan fingerprint density at radius 3 is 1.77 bits per heavy atom. The second-order valence-corrected chi connectivity index (χ2v) is 11.4. The van der Waals surface area contributed by atoms with E-state index in [1.807, 2.05) is 12.2 Å². The van der Waals surface area contributed by atoms with Gasteiger partial charge in [0, 0.05) is 5.41 Å². The Morgan fingerprint density at radius 2 is 1.15 bits per heavy atom. The van der Waals surface area contributed by atoms with E-state index < -0.39 is 0 Å². The van der Waals surface area contributed by atoms with Crippen molar-refractivity contribution in [2.75, 3.05) is 0 Å². The number of fused-ring (bicyclic) bond motifs is 3. The monoisotopic (exact) mass is 516 g/mol. The van der Waals surface area contributed by atoms with Crippen LogP contribution in [0.25, 0.3) is 23.3 Å². The summed E-state index contributed by atoms with van der Waals surface area (Å²) in [6.07, 6.45) is 6.64. The first-order valence-corrected chi connectivity index (χ1v) is 14.2. The Morgan fingerprint density at radius 1 is 0.575 bits per heavy atom. The third-order valence-corrected chi connectivity index (χ3v) is 8.67. The molecule has 0 aliphatic heterocycles. The van der Waals surface area contributed by atoms with Crippen molar-refractivity contribution in [3.8, 4) is 11.1 Å². The summed E-state index contributed by atoms with van der Waals surface area (Å²) in [6.45, 7) is 12.3. The van der Waals surface area contributed by atoms with Crippen LogP contribution < -0.4 is 0 Å². The predicted octanol–water partition coefficient (Wildman–Crippen LogP) is 9.93. The molecule has 40 heavy (non-hydrogen) atoms. The fourth-order valence-corrected chi connectivity index (χ4v) is 6.51. The van der Waals surface area contributed by atoms with Crippen LogP contribution >= 0.6 is 0 Å². The zero-order chi connectivity index (χ0) is 27.7. The number of hydrogen-bond donors (Lipinski definition) is 0. The van der Waals surface area contributed by atoms with E-state index >= 15 is 0 Å². The zero-order valence-electron chi connectivity index (χ0n) is 23.6. The summed E-state index contributed by atoms with van der Waals surface area (Å²) in [6, 6.07) is 40.9. The van der Waals surface area contributed by atoms with Crippen LogP contribution in [0.1, 0.15) is 55.6 Å².